The van der Waals surface area contributed by atoms with Gasteiger partial charge in [0.1, 0.15) is 0 Å². The van der Waals surface area contributed by atoms with Crippen LogP contribution in [0.4, 0.5) is 5.69 Å². The lowest BCUT2D eigenvalue weighted by molar-refractivity contribution is -0.119. The highest BCUT2D eigenvalue weighted by atomic mass is 32.2. The molecule has 0 aliphatic carbocycles. The van der Waals surface area contributed by atoms with Gasteiger partial charge in [-0.25, -0.2) is 0 Å². The fraction of sp³-hybridized carbons (Fsp3) is 0.533. The first kappa shape index (κ1) is 15.4. The molecule has 0 bridgehead atoms. The van der Waals surface area contributed by atoms with Gasteiger partial charge >= 0.3 is 0 Å². The summed E-state index contributed by atoms with van der Waals surface area (Å²) in [7, 11) is 0. The average Bonchev–Trinajstić information content (AvgIpc) is 2.42. The molecule has 1 amide bonds. The van der Waals surface area contributed by atoms with E-state index in [1.54, 1.807) is 11.8 Å². The van der Waals surface area contributed by atoms with Crippen LogP contribution in [0.5, 0.6) is 0 Å². The van der Waals surface area contributed by atoms with E-state index in [-0.39, 0.29) is 11.4 Å². The van der Waals surface area contributed by atoms with E-state index in [4.69, 9.17) is 0 Å². The summed E-state index contributed by atoms with van der Waals surface area (Å²) < 4.78 is 0. The lowest BCUT2D eigenvalue weighted by atomic mass is 10.0. The van der Waals surface area contributed by atoms with Gasteiger partial charge in [0.2, 0.25) is 5.91 Å². The molecule has 0 radical (unpaired) electrons. The minimum absolute atomic E-state index is 0.0224. The van der Waals surface area contributed by atoms with Gasteiger partial charge in [0.05, 0.1) is 12.2 Å². The number of piperazine rings is 1. The van der Waals surface area contributed by atoms with E-state index in [2.05, 4.69) is 29.4 Å². The number of para-hydroxylation sites is 1. The van der Waals surface area contributed by atoms with Crippen molar-refractivity contribution in [2.75, 3.05) is 37.8 Å². The first-order valence-corrected chi connectivity index (χ1v) is 8.14. The Balaban J connectivity index is 1.98. The molecule has 2 N–H and O–H groups in total. The molecule has 5 heteroatoms. The molecule has 110 valence electrons. The van der Waals surface area contributed by atoms with E-state index in [0.29, 0.717) is 6.54 Å². The zero-order valence-electron chi connectivity index (χ0n) is 12.4. The Morgan fingerprint density at radius 1 is 1.45 bits per heavy atom. The number of hydrogen-bond acceptors (Lipinski definition) is 4. The Hall–Kier alpha value is -1.04. The molecule has 0 unspecified atom stereocenters. The van der Waals surface area contributed by atoms with Crippen LogP contribution in [0.1, 0.15) is 13.8 Å². The molecule has 0 spiro atoms. The standard InChI is InChI=1S/C15H23N3OS/c1-15(2)11-16-8-9-18(15)10-14(19)17-12-6-4-5-7-13(12)20-3/h4-7,16H,8-11H2,1-3H3,(H,17,19). The normalized spacial score (nSPS) is 18.8. The van der Waals surface area contributed by atoms with E-state index < -0.39 is 0 Å². The van der Waals surface area contributed by atoms with Gasteiger partial charge in [-0.05, 0) is 32.2 Å². The quantitative estimate of drug-likeness (QED) is 0.834. The largest absolute Gasteiger partial charge is 0.324 e. The monoisotopic (exact) mass is 293 g/mol. The van der Waals surface area contributed by atoms with E-state index in [1.165, 1.54) is 0 Å². The average molecular weight is 293 g/mol. The summed E-state index contributed by atoms with van der Waals surface area (Å²) in [5.41, 5.74) is 0.923. The molecule has 1 fully saturated rings. The molecular formula is C15H23N3OS. The van der Waals surface area contributed by atoms with Gasteiger partial charge in [-0.2, -0.15) is 0 Å². The van der Waals surface area contributed by atoms with Crippen molar-refractivity contribution in [1.29, 1.82) is 0 Å². The van der Waals surface area contributed by atoms with Gasteiger partial charge in [-0.15, -0.1) is 11.8 Å². The maximum Gasteiger partial charge on any atom is 0.238 e. The molecule has 0 aromatic heterocycles. The van der Waals surface area contributed by atoms with Crippen LogP contribution in [-0.2, 0) is 4.79 Å². The van der Waals surface area contributed by atoms with Crippen LogP contribution in [0.3, 0.4) is 0 Å². The predicted octanol–water partition coefficient (Wildman–Crippen LogP) is 2.03. The zero-order chi connectivity index (χ0) is 14.6. The number of carbonyl (C=O) groups excluding carboxylic acids is 1. The third-order valence-corrected chi connectivity index (χ3v) is 4.48. The van der Waals surface area contributed by atoms with Crippen LogP contribution in [0.2, 0.25) is 0 Å². The van der Waals surface area contributed by atoms with Crippen LogP contribution in [0, 0.1) is 0 Å². The fourth-order valence-corrected chi connectivity index (χ4v) is 2.98. The minimum Gasteiger partial charge on any atom is -0.324 e. The van der Waals surface area contributed by atoms with Crippen molar-refractivity contribution in [2.24, 2.45) is 0 Å². The maximum atomic E-state index is 12.3. The van der Waals surface area contributed by atoms with Crippen LogP contribution < -0.4 is 10.6 Å². The molecule has 4 nitrogen and oxygen atoms in total. The third kappa shape index (κ3) is 3.75. The van der Waals surface area contributed by atoms with Crippen molar-refractivity contribution in [2.45, 2.75) is 24.3 Å². The second-order valence-electron chi connectivity index (χ2n) is 5.66. The topological polar surface area (TPSA) is 44.4 Å². The molecule has 2 rings (SSSR count). The lowest BCUT2D eigenvalue weighted by Gasteiger charge is -2.42. The fourth-order valence-electron chi connectivity index (χ4n) is 2.43. The molecule has 1 aromatic rings. The predicted molar refractivity (Wildman–Crippen MR) is 85.4 cm³/mol. The van der Waals surface area contributed by atoms with Gasteiger partial charge in [0.25, 0.3) is 0 Å². The molecule has 1 saturated heterocycles. The van der Waals surface area contributed by atoms with Crippen LogP contribution in [0.25, 0.3) is 0 Å². The first-order valence-electron chi connectivity index (χ1n) is 6.91. The van der Waals surface area contributed by atoms with E-state index in [0.717, 1.165) is 30.2 Å². The molecule has 20 heavy (non-hydrogen) atoms. The number of amides is 1. The van der Waals surface area contributed by atoms with Crippen LogP contribution in [0.15, 0.2) is 29.2 Å². The van der Waals surface area contributed by atoms with E-state index >= 15 is 0 Å². The Morgan fingerprint density at radius 2 is 2.20 bits per heavy atom. The molecular weight excluding hydrogens is 270 g/mol. The Morgan fingerprint density at radius 3 is 2.90 bits per heavy atom. The molecule has 0 atom stereocenters. The van der Waals surface area contributed by atoms with E-state index in [9.17, 15) is 4.79 Å². The SMILES string of the molecule is CSc1ccccc1NC(=O)CN1CCNCC1(C)C. The van der Waals surface area contributed by atoms with Crippen molar-refractivity contribution < 1.29 is 4.79 Å². The molecule has 1 aliphatic rings. The molecule has 1 aromatic carbocycles. The van der Waals surface area contributed by atoms with Crippen LogP contribution in [-0.4, -0.2) is 48.8 Å². The van der Waals surface area contributed by atoms with Crippen molar-refractivity contribution in [3.63, 3.8) is 0 Å². The number of anilines is 1. The second kappa shape index (κ2) is 6.61. The molecule has 0 saturated carbocycles. The van der Waals surface area contributed by atoms with Crippen molar-refractivity contribution >= 4 is 23.4 Å². The zero-order valence-corrected chi connectivity index (χ0v) is 13.2. The number of nitrogens with one attached hydrogen (secondary N) is 2. The Labute approximate surface area is 125 Å². The molecule has 1 heterocycles. The number of thioether (sulfide) groups is 1. The summed E-state index contributed by atoms with van der Waals surface area (Å²) in [6.45, 7) is 7.55. The lowest BCUT2D eigenvalue weighted by Crippen LogP contribution is -2.59. The molecule has 1 aliphatic heterocycles. The number of benzene rings is 1. The summed E-state index contributed by atoms with van der Waals surface area (Å²) in [6.07, 6.45) is 2.02. The summed E-state index contributed by atoms with van der Waals surface area (Å²) >= 11 is 1.64. The number of nitrogens with zero attached hydrogens (tertiary/aromatic N) is 1. The van der Waals surface area contributed by atoms with Crippen molar-refractivity contribution in [3.05, 3.63) is 24.3 Å². The smallest absolute Gasteiger partial charge is 0.238 e. The Bertz CT molecular complexity index is 476. The highest BCUT2D eigenvalue weighted by Gasteiger charge is 2.30. The highest BCUT2D eigenvalue weighted by Crippen LogP contribution is 2.24. The third-order valence-electron chi connectivity index (χ3n) is 3.69. The van der Waals surface area contributed by atoms with Gasteiger partial charge < -0.3 is 10.6 Å². The number of hydrogen-bond donors (Lipinski definition) is 2. The summed E-state index contributed by atoms with van der Waals surface area (Å²) in [5.74, 6) is 0.0569. The van der Waals surface area contributed by atoms with E-state index in [1.807, 2.05) is 30.5 Å². The van der Waals surface area contributed by atoms with Gasteiger partial charge in [-0.1, -0.05) is 12.1 Å². The van der Waals surface area contributed by atoms with Gasteiger partial charge in [0, 0.05) is 30.1 Å². The van der Waals surface area contributed by atoms with Crippen molar-refractivity contribution in [1.82, 2.24) is 10.2 Å². The maximum absolute atomic E-state index is 12.3. The summed E-state index contributed by atoms with van der Waals surface area (Å²) in [4.78, 5) is 15.6. The summed E-state index contributed by atoms with van der Waals surface area (Å²) in [5, 5.41) is 6.39. The van der Waals surface area contributed by atoms with Gasteiger partial charge in [-0.3, -0.25) is 9.69 Å². The van der Waals surface area contributed by atoms with Crippen LogP contribution >= 0.6 is 11.8 Å². The highest BCUT2D eigenvalue weighted by molar-refractivity contribution is 7.98. The minimum atomic E-state index is 0.0224. The first-order chi connectivity index (χ1) is 9.53. The second-order valence-corrected chi connectivity index (χ2v) is 6.51. The Kier molecular flexibility index (Phi) is 5.07. The summed E-state index contributed by atoms with van der Waals surface area (Å²) in [6, 6.07) is 7.91. The van der Waals surface area contributed by atoms with Gasteiger partial charge in [0.15, 0.2) is 0 Å². The van der Waals surface area contributed by atoms with Crippen molar-refractivity contribution in [3.8, 4) is 0 Å². The number of carbonyl (C=O) groups is 1. The number of rotatable bonds is 4.